The van der Waals surface area contributed by atoms with Gasteiger partial charge in [-0.2, -0.15) is 4.31 Å². The van der Waals surface area contributed by atoms with Crippen LogP contribution >= 0.6 is 0 Å². The van der Waals surface area contributed by atoms with E-state index in [0.29, 0.717) is 38.0 Å². The number of hydrogen-bond donors (Lipinski definition) is 1. The Hall–Kier alpha value is -2.45. The Morgan fingerprint density at radius 1 is 1.21 bits per heavy atom. The van der Waals surface area contributed by atoms with E-state index in [4.69, 9.17) is 0 Å². The van der Waals surface area contributed by atoms with Crippen LogP contribution in [0.1, 0.15) is 36.0 Å². The number of benzene rings is 1. The summed E-state index contributed by atoms with van der Waals surface area (Å²) in [5, 5.41) is 9.42. The highest BCUT2D eigenvalue weighted by Crippen LogP contribution is 2.35. The number of aliphatic carboxylic acids is 1. The third-order valence-electron chi connectivity index (χ3n) is 5.91. The van der Waals surface area contributed by atoms with Gasteiger partial charge in [0.2, 0.25) is 10.0 Å². The fourth-order valence-electron chi connectivity index (χ4n) is 4.26. The van der Waals surface area contributed by atoms with Gasteiger partial charge in [0.05, 0.1) is 10.8 Å². The molecule has 2 heterocycles. The first-order valence-electron chi connectivity index (χ1n) is 9.82. The second-order valence-corrected chi connectivity index (χ2v) is 9.83. The first-order valence-corrected chi connectivity index (χ1v) is 11.3. The van der Waals surface area contributed by atoms with Gasteiger partial charge in [0, 0.05) is 31.9 Å². The van der Waals surface area contributed by atoms with E-state index < -0.39 is 21.9 Å². The van der Waals surface area contributed by atoms with E-state index in [0.717, 1.165) is 16.9 Å². The minimum absolute atomic E-state index is 0.0186. The Kier molecular flexibility index (Phi) is 5.08. The molecule has 0 spiro atoms. The molecule has 2 aliphatic rings. The van der Waals surface area contributed by atoms with Gasteiger partial charge >= 0.3 is 5.97 Å². The lowest BCUT2D eigenvalue weighted by molar-refractivity contribution is -0.138. The van der Waals surface area contributed by atoms with Crippen LogP contribution < -0.4 is 4.90 Å². The van der Waals surface area contributed by atoms with Gasteiger partial charge in [-0.05, 0) is 61.6 Å². The molecule has 1 aliphatic carbocycles. The molecule has 1 aliphatic heterocycles. The second kappa shape index (κ2) is 7.42. The molecule has 154 valence electrons. The van der Waals surface area contributed by atoms with Crippen molar-refractivity contribution >= 4 is 21.8 Å². The number of carboxylic acid groups (broad SMARTS) is 1. The Labute approximate surface area is 171 Å². The second-order valence-electron chi connectivity index (χ2n) is 7.89. The highest BCUT2D eigenvalue weighted by molar-refractivity contribution is 7.89. The predicted molar refractivity (Wildman–Crippen MR) is 110 cm³/mol. The Bertz CT molecular complexity index is 1040. The summed E-state index contributed by atoms with van der Waals surface area (Å²) in [5.41, 5.74) is 2.65. The summed E-state index contributed by atoms with van der Waals surface area (Å²) in [7, 11) is -3.68. The monoisotopic (exact) mass is 415 g/mol. The molecule has 2 aromatic rings. The van der Waals surface area contributed by atoms with Crippen LogP contribution in [0.4, 0.5) is 5.82 Å². The molecule has 29 heavy (non-hydrogen) atoms. The van der Waals surface area contributed by atoms with E-state index in [9.17, 15) is 18.3 Å². The third-order valence-corrected chi connectivity index (χ3v) is 7.77. The van der Waals surface area contributed by atoms with Crippen molar-refractivity contribution in [2.45, 2.75) is 43.5 Å². The quantitative estimate of drug-likeness (QED) is 0.825. The first-order chi connectivity index (χ1) is 13.8. The van der Waals surface area contributed by atoms with Gasteiger partial charge in [-0.3, -0.25) is 4.79 Å². The van der Waals surface area contributed by atoms with Gasteiger partial charge in [-0.25, -0.2) is 13.4 Å². The van der Waals surface area contributed by atoms with Gasteiger partial charge in [-0.1, -0.05) is 12.1 Å². The van der Waals surface area contributed by atoms with Gasteiger partial charge in [0.15, 0.2) is 0 Å². The number of nitrogens with zero attached hydrogens (tertiary/aromatic N) is 3. The van der Waals surface area contributed by atoms with E-state index in [1.54, 1.807) is 18.2 Å². The van der Waals surface area contributed by atoms with Crippen LogP contribution in [0.25, 0.3) is 0 Å². The highest BCUT2D eigenvalue weighted by atomic mass is 32.2. The van der Waals surface area contributed by atoms with Gasteiger partial charge < -0.3 is 10.0 Å². The molecular formula is C21H25N3O4S. The van der Waals surface area contributed by atoms with Crippen LogP contribution in [0.2, 0.25) is 0 Å². The summed E-state index contributed by atoms with van der Waals surface area (Å²) in [6.07, 6.45) is 3.01. The molecule has 1 aromatic carbocycles. The number of carbonyl (C=O) groups is 1. The van der Waals surface area contributed by atoms with Gasteiger partial charge in [0.1, 0.15) is 5.82 Å². The van der Waals surface area contributed by atoms with Crippen molar-refractivity contribution in [2.75, 3.05) is 24.5 Å². The summed E-state index contributed by atoms with van der Waals surface area (Å²) >= 11 is 0. The molecule has 8 heteroatoms. The Balaban J connectivity index is 1.56. The van der Waals surface area contributed by atoms with Crippen molar-refractivity contribution in [2.24, 2.45) is 0 Å². The maximum Gasteiger partial charge on any atom is 0.310 e. The molecule has 0 amide bonds. The fourth-order valence-corrected chi connectivity index (χ4v) is 5.81. The highest BCUT2D eigenvalue weighted by Gasteiger charge is 2.35. The topological polar surface area (TPSA) is 90.8 Å². The molecule has 7 nitrogen and oxygen atoms in total. The average molecular weight is 416 g/mol. The zero-order valence-electron chi connectivity index (χ0n) is 16.6. The maximum atomic E-state index is 13.2. The Morgan fingerprint density at radius 3 is 2.66 bits per heavy atom. The molecule has 1 aromatic heterocycles. The van der Waals surface area contributed by atoms with Gasteiger partial charge in [-0.15, -0.1) is 0 Å². The molecule has 4 rings (SSSR count). The Morgan fingerprint density at radius 2 is 2.00 bits per heavy atom. The van der Waals surface area contributed by atoms with Crippen LogP contribution in [-0.4, -0.2) is 54.5 Å². The number of sulfonamides is 1. The number of piperazine rings is 1. The standard InChI is InChI=1S/C21H25N3O4S/c1-14-3-8-20(22-12-14)24-10-9-23(13-15(24)2)29(27,28)17-6-4-16-5-7-18(21(25)26)19(16)11-17/h3-4,6,8,11-12,15,18H,5,7,9-10,13H2,1-2H3,(H,25,26)/t15-,18?/m0/s1. The lowest BCUT2D eigenvalue weighted by Crippen LogP contribution is -2.53. The summed E-state index contributed by atoms with van der Waals surface area (Å²) in [6.45, 7) is 5.25. The van der Waals surface area contributed by atoms with Crippen molar-refractivity contribution in [1.82, 2.24) is 9.29 Å². The molecule has 1 N–H and O–H groups in total. The normalized spacial score (nSPS) is 22.5. The van der Waals surface area contributed by atoms with Crippen LogP contribution in [0, 0.1) is 6.92 Å². The van der Waals surface area contributed by atoms with E-state index in [1.165, 1.54) is 4.31 Å². The number of pyridine rings is 1. The van der Waals surface area contributed by atoms with Crippen LogP contribution in [0.3, 0.4) is 0 Å². The number of rotatable bonds is 4. The van der Waals surface area contributed by atoms with Crippen molar-refractivity contribution in [1.29, 1.82) is 0 Å². The molecule has 2 atom stereocenters. The van der Waals surface area contributed by atoms with Crippen LogP contribution in [0.5, 0.6) is 0 Å². The molecule has 0 saturated carbocycles. The summed E-state index contributed by atoms with van der Waals surface area (Å²) in [5.74, 6) is -0.670. The molecular weight excluding hydrogens is 390 g/mol. The number of fused-ring (bicyclic) bond motifs is 1. The predicted octanol–water partition coefficient (Wildman–Crippen LogP) is 2.40. The van der Waals surface area contributed by atoms with E-state index >= 15 is 0 Å². The molecule has 0 radical (unpaired) electrons. The number of aromatic nitrogens is 1. The van der Waals surface area contributed by atoms with E-state index in [-0.39, 0.29) is 10.9 Å². The van der Waals surface area contributed by atoms with Crippen molar-refractivity contribution < 1.29 is 18.3 Å². The van der Waals surface area contributed by atoms with Crippen molar-refractivity contribution in [3.05, 3.63) is 53.2 Å². The molecule has 1 saturated heterocycles. The number of anilines is 1. The molecule has 1 unspecified atom stereocenters. The minimum atomic E-state index is -3.68. The van der Waals surface area contributed by atoms with Crippen LogP contribution in [-0.2, 0) is 21.2 Å². The van der Waals surface area contributed by atoms with E-state index in [1.807, 2.05) is 32.2 Å². The summed E-state index contributed by atoms with van der Waals surface area (Å²) in [6, 6.07) is 8.88. The minimum Gasteiger partial charge on any atom is -0.481 e. The van der Waals surface area contributed by atoms with Crippen LogP contribution in [0.15, 0.2) is 41.4 Å². The lowest BCUT2D eigenvalue weighted by Gasteiger charge is -2.39. The lowest BCUT2D eigenvalue weighted by atomic mass is 10.0. The molecule has 0 bridgehead atoms. The number of carboxylic acids is 1. The fraction of sp³-hybridized carbons (Fsp3) is 0.429. The van der Waals surface area contributed by atoms with Gasteiger partial charge in [0.25, 0.3) is 0 Å². The maximum absolute atomic E-state index is 13.2. The third kappa shape index (κ3) is 3.62. The first kappa shape index (κ1) is 19.8. The summed E-state index contributed by atoms with van der Waals surface area (Å²) < 4.78 is 28.0. The average Bonchev–Trinajstić information content (AvgIpc) is 3.12. The SMILES string of the molecule is Cc1ccc(N2CCN(S(=O)(=O)c3ccc4c(c3)C(C(=O)O)CC4)C[C@@H]2C)nc1. The zero-order valence-corrected chi connectivity index (χ0v) is 17.4. The number of hydrogen-bond acceptors (Lipinski definition) is 5. The smallest absolute Gasteiger partial charge is 0.310 e. The van der Waals surface area contributed by atoms with Crippen molar-refractivity contribution in [3.63, 3.8) is 0 Å². The number of aryl methyl sites for hydroxylation is 2. The van der Waals surface area contributed by atoms with E-state index in [2.05, 4.69) is 9.88 Å². The largest absolute Gasteiger partial charge is 0.481 e. The summed E-state index contributed by atoms with van der Waals surface area (Å²) in [4.78, 5) is 18.3. The molecule has 1 fully saturated rings. The van der Waals surface area contributed by atoms with Crippen molar-refractivity contribution in [3.8, 4) is 0 Å². The zero-order chi connectivity index (χ0) is 20.8.